The van der Waals surface area contributed by atoms with Crippen LogP contribution in [0.1, 0.15) is 134 Å². The molecule has 1 aromatic heterocycles. The first-order valence-electron chi connectivity index (χ1n) is 24.3. The Hall–Kier alpha value is -8.93. The van der Waals surface area contributed by atoms with E-state index in [0.29, 0.717) is 5.57 Å². The third kappa shape index (κ3) is 13.7. The smallest absolute Gasteiger partial charge is 0.308 e. The van der Waals surface area contributed by atoms with Crippen molar-refractivity contribution >= 4 is 58.5 Å². The summed E-state index contributed by atoms with van der Waals surface area (Å²) in [5, 5.41) is 11.6. The molecule has 0 bridgehead atoms. The maximum Gasteiger partial charge on any atom is 0.308 e. The van der Waals surface area contributed by atoms with Crippen molar-refractivity contribution < 1.29 is 81.0 Å². The minimum atomic E-state index is -1.46. The lowest BCUT2D eigenvalue weighted by Gasteiger charge is -2.38. The zero-order valence-corrected chi connectivity index (χ0v) is 44.7. The summed E-state index contributed by atoms with van der Waals surface area (Å²) in [6.07, 6.45) is 5.17. The number of hydrogen-bond acceptors (Lipinski definition) is 18. The van der Waals surface area contributed by atoms with Gasteiger partial charge < -0.3 is 42.7 Å². The molecule has 18 heteroatoms. The maximum absolute atomic E-state index is 16.3. The monoisotopic (exact) mass is 1050 g/mol. The number of benzene rings is 4. The minimum Gasteiger partial charge on any atom is -0.507 e. The van der Waals surface area contributed by atoms with Gasteiger partial charge in [-0.2, -0.15) is 0 Å². The SMILES string of the molecule is CC(=O)Oc1ccc(-c2oc3c(C4C=C(C)CC(c5ccc(OC(C)=O)cc5OC(C)=O)C4C(=O)c4ccc(OC(C)=O)c(CC=C(C)C)c4OC(C)=O)c(OC(C)=O)cc(O)c3c(=O)c2CC=C(C)C)c(OC(C)=O)c1. The number of allylic oxidation sites excluding steroid dienone is 6. The fraction of sp³-hybridized carbons (Fsp3) is 0.305. The molecule has 1 heterocycles. The van der Waals surface area contributed by atoms with Crippen LogP contribution in [-0.4, -0.2) is 52.7 Å². The number of carbonyl (C=O) groups excluding carboxylic acids is 8. The highest BCUT2D eigenvalue weighted by atomic mass is 16.6. The van der Waals surface area contributed by atoms with Gasteiger partial charge in [0.2, 0.25) is 5.43 Å². The van der Waals surface area contributed by atoms with Crippen molar-refractivity contribution in [3.05, 3.63) is 128 Å². The number of phenolic OH excluding ortho intramolecular Hbond substituents is 1. The van der Waals surface area contributed by atoms with E-state index in [9.17, 15) is 38.7 Å². The van der Waals surface area contributed by atoms with E-state index in [1.165, 1.54) is 69.3 Å². The fourth-order valence-corrected chi connectivity index (χ4v) is 9.20. The molecule has 402 valence electrons. The molecule has 0 spiro atoms. The molecule has 0 saturated carbocycles. The van der Waals surface area contributed by atoms with Gasteiger partial charge in [0, 0.05) is 101 Å². The summed E-state index contributed by atoms with van der Waals surface area (Å²) < 4.78 is 46.4. The second-order valence-corrected chi connectivity index (χ2v) is 18.9. The van der Waals surface area contributed by atoms with Gasteiger partial charge in [-0.3, -0.25) is 43.2 Å². The molecular weight excluding hydrogens is 997 g/mol. The molecular formula is C59H58O18. The topological polar surface area (TPSA) is 252 Å². The van der Waals surface area contributed by atoms with E-state index in [2.05, 4.69) is 0 Å². The predicted molar refractivity (Wildman–Crippen MR) is 280 cm³/mol. The van der Waals surface area contributed by atoms with Gasteiger partial charge in [0.15, 0.2) is 5.78 Å². The quantitative estimate of drug-likeness (QED) is 0.0417. The fourth-order valence-electron chi connectivity index (χ4n) is 9.20. The molecule has 77 heavy (non-hydrogen) atoms. The second-order valence-electron chi connectivity index (χ2n) is 18.9. The van der Waals surface area contributed by atoms with Crippen LogP contribution >= 0.6 is 0 Å². The normalized spacial score (nSPS) is 14.8. The maximum atomic E-state index is 16.3. The third-order valence-corrected chi connectivity index (χ3v) is 12.0. The van der Waals surface area contributed by atoms with Gasteiger partial charge in [0.25, 0.3) is 0 Å². The summed E-state index contributed by atoms with van der Waals surface area (Å²) in [6.45, 7) is 17.0. The molecule has 0 amide bonds. The number of fused-ring (bicyclic) bond motifs is 1. The van der Waals surface area contributed by atoms with Crippen LogP contribution in [0.15, 0.2) is 98.8 Å². The number of hydrogen-bond donors (Lipinski definition) is 1. The molecule has 6 rings (SSSR count). The molecule has 1 aliphatic rings. The van der Waals surface area contributed by atoms with E-state index >= 15 is 9.59 Å². The Labute approximate surface area is 443 Å². The molecule has 0 saturated heterocycles. The molecule has 1 N–H and O–H groups in total. The molecule has 0 radical (unpaired) electrons. The predicted octanol–water partition coefficient (Wildman–Crippen LogP) is 10.4. The van der Waals surface area contributed by atoms with Crippen LogP contribution in [0.25, 0.3) is 22.3 Å². The van der Waals surface area contributed by atoms with Crippen molar-refractivity contribution in [3.63, 3.8) is 0 Å². The zero-order chi connectivity index (χ0) is 56.7. The van der Waals surface area contributed by atoms with Crippen molar-refractivity contribution in [2.24, 2.45) is 5.92 Å². The van der Waals surface area contributed by atoms with Crippen LogP contribution in [0.2, 0.25) is 0 Å². The van der Waals surface area contributed by atoms with Gasteiger partial charge in [-0.25, -0.2) is 0 Å². The Balaban J connectivity index is 1.84. The van der Waals surface area contributed by atoms with E-state index < -0.39 is 81.9 Å². The molecule has 5 aromatic rings. The van der Waals surface area contributed by atoms with Crippen molar-refractivity contribution in [2.45, 2.75) is 114 Å². The summed E-state index contributed by atoms with van der Waals surface area (Å²) in [6, 6.07) is 12.1. The molecule has 3 unspecified atom stereocenters. The Morgan fingerprint density at radius 2 is 1.09 bits per heavy atom. The van der Waals surface area contributed by atoms with Crippen LogP contribution in [0.3, 0.4) is 0 Å². The van der Waals surface area contributed by atoms with E-state index in [1.54, 1.807) is 39.0 Å². The van der Waals surface area contributed by atoms with Crippen LogP contribution in [-0.2, 0) is 46.4 Å². The first-order chi connectivity index (χ1) is 36.2. The van der Waals surface area contributed by atoms with Gasteiger partial charge in [0.05, 0.1) is 11.1 Å². The average Bonchev–Trinajstić information content (AvgIpc) is 3.35. The number of aromatic hydroxyl groups is 1. The van der Waals surface area contributed by atoms with Crippen LogP contribution in [0, 0.1) is 5.92 Å². The first kappa shape index (κ1) is 57.4. The van der Waals surface area contributed by atoms with Gasteiger partial charge >= 0.3 is 41.8 Å². The highest BCUT2D eigenvalue weighted by Crippen LogP contribution is 2.54. The number of ketones is 1. The number of carbonyl (C=O) groups is 8. The summed E-state index contributed by atoms with van der Waals surface area (Å²) in [5.41, 5.74) is 1.14. The highest BCUT2D eigenvalue weighted by Gasteiger charge is 2.45. The molecule has 3 atom stereocenters. The molecule has 4 aromatic carbocycles. The van der Waals surface area contributed by atoms with Crippen LogP contribution in [0.4, 0.5) is 0 Å². The number of ether oxygens (including phenoxy) is 7. The van der Waals surface area contributed by atoms with Gasteiger partial charge in [0.1, 0.15) is 62.7 Å². The standard InChI is InChI=1S/C59H58O18/c1-28(2)13-17-41-48(72-33(8)62)22-21-44(57(41)76-37(12)66)55(68)52-45(40-19-15-38(70-31(6)60)25-49(40)73-34(9)63)23-30(5)24-46(52)53-51(75-36(11)65)27-47(67)54-56(69)43(18-14-29(3)4)58(77-59(53)54)42-20-16-39(71-32(7)61)26-50(42)74-35(10)64/h13-16,19-22,24-27,45-46,52,67H,17-18,23H2,1-12H3. The Kier molecular flexibility index (Phi) is 18.0. The average molecular weight is 1060 g/mol. The second kappa shape index (κ2) is 24.2. The van der Waals surface area contributed by atoms with E-state index in [4.69, 9.17) is 37.6 Å². The summed E-state index contributed by atoms with van der Waals surface area (Å²) in [5.74, 6) is -11.8. The van der Waals surface area contributed by atoms with Crippen molar-refractivity contribution in [2.75, 3.05) is 0 Å². The molecule has 1 aliphatic carbocycles. The lowest BCUT2D eigenvalue weighted by Crippen LogP contribution is -2.33. The van der Waals surface area contributed by atoms with Crippen molar-refractivity contribution in [3.8, 4) is 57.3 Å². The van der Waals surface area contributed by atoms with E-state index in [-0.39, 0.29) is 104 Å². The lowest BCUT2D eigenvalue weighted by atomic mass is 9.65. The van der Waals surface area contributed by atoms with E-state index in [0.717, 1.165) is 44.9 Å². The lowest BCUT2D eigenvalue weighted by molar-refractivity contribution is -0.133. The third-order valence-electron chi connectivity index (χ3n) is 12.0. The first-order valence-corrected chi connectivity index (χ1v) is 24.3. The summed E-state index contributed by atoms with van der Waals surface area (Å²) in [4.78, 5) is 120. The summed E-state index contributed by atoms with van der Waals surface area (Å²) >= 11 is 0. The van der Waals surface area contributed by atoms with Crippen molar-refractivity contribution in [1.29, 1.82) is 0 Å². The molecule has 0 fully saturated rings. The Morgan fingerprint density at radius 3 is 1.65 bits per heavy atom. The van der Waals surface area contributed by atoms with Crippen LogP contribution < -0.4 is 38.6 Å². The minimum absolute atomic E-state index is 0.00368. The van der Waals surface area contributed by atoms with Gasteiger partial charge in [-0.05, 0) is 89.8 Å². The Bertz CT molecular complexity index is 3430. The Morgan fingerprint density at radius 1 is 0.584 bits per heavy atom. The number of phenols is 1. The van der Waals surface area contributed by atoms with Gasteiger partial charge in [-0.1, -0.05) is 41.0 Å². The molecule has 0 aliphatic heterocycles. The van der Waals surface area contributed by atoms with Crippen molar-refractivity contribution in [1.82, 2.24) is 0 Å². The summed E-state index contributed by atoms with van der Waals surface area (Å²) in [7, 11) is 0. The van der Waals surface area contributed by atoms with Gasteiger partial charge in [-0.15, -0.1) is 0 Å². The number of Topliss-reactive ketones (excluding diaryl/α,β-unsaturated/α-hetero) is 1. The number of rotatable bonds is 16. The number of esters is 7. The zero-order valence-electron chi connectivity index (χ0n) is 44.7. The molecule has 18 nitrogen and oxygen atoms in total. The van der Waals surface area contributed by atoms with E-state index in [1.807, 2.05) is 13.8 Å². The largest absolute Gasteiger partial charge is 0.507 e. The van der Waals surface area contributed by atoms with Crippen LogP contribution in [0.5, 0.6) is 46.0 Å². The highest BCUT2D eigenvalue weighted by molar-refractivity contribution is 6.04.